The molecule has 3 heteroatoms. The fraction of sp³-hybridized carbons (Fsp3) is 0.250. The monoisotopic (exact) mass is 256 g/mol. The van der Waals surface area contributed by atoms with Gasteiger partial charge in [-0.25, -0.2) is 0 Å². The summed E-state index contributed by atoms with van der Waals surface area (Å²) in [7, 11) is 1.65. The minimum atomic E-state index is 0.0419. The number of ether oxygens (including phenoxy) is 2. The van der Waals surface area contributed by atoms with Gasteiger partial charge in [-0.2, -0.15) is 0 Å². The van der Waals surface area contributed by atoms with E-state index in [2.05, 4.69) is 6.07 Å². The van der Waals surface area contributed by atoms with E-state index >= 15 is 0 Å². The van der Waals surface area contributed by atoms with Crippen molar-refractivity contribution in [2.45, 2.75) is 18.9 Å². The highest BCUT2D eigenvalue weighted by molar-refractivity contribution is 5.43. The average Bonchev–Trinajstić information content (AvgIpc) is 2.47. The highest BCUT2D eigenvalue weighted by Crippen LogP contribution is 2.37. The van der Waals surface area contributed by atoms with Gasteiger partial charge in [-0.05, 0) is 42.2 Å². The average molecular weight is 256 g/mol. The second-order valence-electron chi connectivity index (χ2n) is 4.71. The number of phenols is 1. The normalized spacial score (nSPS) is 17.4. The first-order valence-corrected chi connectivity index (χ1v) is 6.39. The predicted octanol–water partition coefficient (Wildman–Crippen LogP) is 3.47. The summed E-state index contributed by atoms with van der Waals surface area (Å²) in [5.41, 5.74) is 2.31. The number of fused-ring (bicyclic) bond motifs is 1. The predicted molar refractivity (Wildman–Crippen MR) is 72.8 cm³/mol. The lowest BCUT2D eigenvalue weighted by atomic mass is 9.97. The van der Waals surface area contributed by atoms with Crippen LogP contribution >= 0.6 is 0 Å². The summed E-state index contributed by atoms with van der Waals surface area (Å²) >= 11 is 0. The second kappa shape index (κ2) is 4.84. The zero-order valence-electron chi connectivity index (χ0n) is 10.8. The molecule has 0 saturated carbocycles. The Morgan fingerprint density at radius 3 is 2.68 bits per heavy atom. The minimum Gasteiger partial charge on any atom is -0.508 e. The summed E-state index contributed by atoms with van der Waals surface area (Å²) in [6.07, 6.45) is 1.98. The van der Waals surface area contributed by atoms with Gasteiger partial charge in [0.05, 0.1) is 7.11 Å². The van der Waals surface area contributed by atoms with Gasteiger partial charge in [0.1, 0.15) is 23.4 Å². The van der Waals surface area contributed by atoms with Gasteiger partial charge in [0, 0.05) is 6.07 Å². The molecule has 0 aromatic heterocycles. The number of hydrogen-bond donors (Lipinski definition) is 1. The molecular formula is C16H16O3. The van der Waals surface area contributed by atoms with E-state index in [1.54, 1.807) is 19.2 Å². The van der Waals surface area contributed by atoms with Crippen molar-refractivity contribution in [2.24, 2.45) is 0 Å². The molecule has 0 radical (unpaired) electrons. The molecular weight excluding hydrogens is 240 g/mol. The quantitative estimate of drug-likeness (QED) is 0.894. The van der Waals surface area contributed by atoms with Crippen LogP contribution in [-0.2, 0) is 6.42 Å². The van der Waals surface area contributed by atoms with E-state index < -0.39 is 0 Å². The van der Waals surface area contributed by atoms with Crippen molar-refractivity contribution in [3.63, 3.8) is 0 Å². The van der Waals surface area contributed by atoms with E-state index in [0.717, 1.165) is 29.9 Å². The molecule has 0 amide bonds. The zero-order chi connectivity index (χ0) is 13.2. The minimum absolute atomic E-state index is 0.0419. The molecule has 98 valence electrons. The maximum absolute atomic E-state index is 9.32. The molecule has 2 aromatic rings. The lowest BCUT2D eigenvalue weighted by Gasteiger charge is -2.26. The molecule has 0 saturated heterocycles. The first-order valence-electron chi connectivity index (χ1n) is 6.39. The van der Waals surface area contributed by atoms with Crippen LogP contribution in [0.5, 0.6) is 17.2 Å². The van der Waals surface area contributed by atoms with Crippen LogP contribution in [0.15, 0.2) is 42.5 Å². The molecule has 1 heterocycles. The molecule has 1 aliphatic heterocycles. The largest absolute Gasteiger partial charge is 0.508 e. The van der Waals surface area contributed by atoms with Crippen LogP contribution in [0, 0.1) is 0 Å². The summed E-state index contributed by atoms with van der Waals surface area (Å²) < 4.78 is 11.3. The van der Waals surface area contributed by atoms with Gasteiger partial charge in [-0.15, -0.1) is 0 Å². The Hall–Kier alpha value is -2.16. The Balaban J connectivity index is 1.86. The fourth-order valence-corrected chi connectivity index (χ4v) is 2.40. The Morgan fingerprint density at radius 1 is 1.16 bits per heavy atom. The van der Waals surface area contributed by atoms with Crippen LogP contribution in [-0.4, -0.2) is 12.2 Å². The van der Waals surface area contributed by atoms with Crippen molar-refractivity contribution in [1.82, 2.24) is 0 Å². The van der Waals surface area contributed by atoms with Gasteiger partial charge in [-0.3, -0.25) is 0 Å². The number of benzene rings is 2. The second-order valence-corrected chi connectivity index (χ2v) is 4.71. The van der Waals surface area contributed by atoms with Crippen molar-refractivity contribution in [2.75, 3.05) is 7.11 Å². The number of aryl methyl sites for hydroxylation is 1. The molecule has 2 aromatic carbocycles. The highest BCUT2D eigenvalue weighted by Gasteiger charge is 2.21. The van der Waals surface area contributed by atoms with Crippen molar-refractivity contribution in [3.05, 3.63) is 53.6 Å². The van der Waals surface area contributed by atoms with Crippen LogP contribution in [0.3, 0.4) is 0 Å². The van der Waals surface area contributed by atoms with E-state index in [9.17, 15) is 5.11 Å². The van der Waals surface area contributed by atoms with Crippen molar-refractivity contribution >= 4 is 0 Å². The fourth-order valence-electron chi connectivity index (χ4n) is 2.40. The summed E-state index contributed by atoms with van der Waals surface area (Å²) in [4.78, 5) is 0. The maximum atomic E-state index is 9.32. The Bertz CT molecular complexity index is 575. The molecule has 0 aliphatic carbocycles. The molecule has 3 rings (SSSR count). The standard InChI is InChI=1S/C16H16O3/c1-18-14-8-4-12-5-9-15(19-16(12)10-14)11-2-6-13(17)7-3-11/h2-4,6-8,10,15,17H,5,9H2,1H3/t15-/m1/s1. The summed E-state index contributed by atoms with van der Waals surface area (Å²) in [6, 6.07) is 13.2. The molecule has 19 heavy (non-hydrogen) atoms. The van der Waals surface area contributed by atoms with E-state index in [1.165, 1.54) is 5.56 Å². The van der Waals surface area contributed by atoms with Gasteiger partial charge in [0.2, 0.25) is 0 Å². The molecule has 0 unspecified atom stereocenters. The van der Waals surface area contributed by atoms with Crippen molar-refractivity contribution in [1.29, 1.82) is 0 Å². The first kappa shape index (κ1) is 11.9. The maximum Gasteiger partial charge on any atom is 0.127 e. The molecule has 0 fully saturated rings. The zero-order valence-corrected chi connectivity index (χ0v) is 10.8. The van der Waals surface area contributed by atoms with E-state index in [1.807, 2.05) is 24.3 Å². The van der Waals surface area contributed by atoms with Gasteiger partial charge >= 0.3 is 0 Å². The van der Waals surface area contributed by atoms with Crippen LogP contribution in [0.2, 0.25) is 0 Å². The molecule has 1 aliphatic rings. The summed E-state index contributed by atoms with van der Waals surface area (Å²) in [5.74, 6) is 1.98. The third-order valence-electron chi connectivity index (χ3n) is 3.48. The Morgan fingerprint density at radius 2 is 1.95 bits per heavy atom. The lowest BCUT2D eigenvalue weighted by molar-refractivity contribution is 0.176. The number of methoxy groups -OCH3 is 1. The summed E-state index contributed by atoms with van der Waals surface area (Å²) in [6.45, 7) is 0. The smallest absolute Gasteiger partial charge is 0.127 e. The van der Waals surface area contributed by atoms with Crippen LogP contribution in [0.25, 0.3) is 0 Å². The third-order valence-corrected chi connectivity index (χ3v) is 3.48. The van der Waals surface area contributed by atoms with Gasteiger partial charge in [-0.1, -0.05) is 18.2 Å². The van der Waals surface area contributed by atoms with Crippen LogP contribution in [0.1, 0.15) is 23.7 Å². The topological polar surface area (TPSA) is 38.7 Å². The SMILES string of the molecule is COc1ccc2c(c1)O[C@@H](c1ccc(O)cc1)CC2. The number of rotatable bonds is 2. The van der Waals surface area contributed by atoms with E-state index in [-0.39, 0.29) is 11.9 Å². The van der Waals surface area contributed by atoms with Crippen LogP contribution in [0.4, 0.5) is 0 Å². The summed E-state index contributed by atoms with van der Waals surface area (Å²) in [5, 5.41) is 9.32. The molecule has 0 spiro atoms. The molecule has 3 nitrogen and oxygen atoms in total. The lowest BCUT2D eigenvalue weighted by Crippen LogP contribution is -2.15. The highest BCUT2D eigenvalue weighted by atomic mass is 16.5. The Labute approximate surface area is 112 Å². The van der Waals surface area contributed by atoms with Crippen molar-refractivity contribution < 1.29 is 14.6 Å². The van der Waals surface area contributed by atoms with Gasteiger partial charge < -0.3 is 14.6 Å². The molecule has 1 N–H and O–H groups in total. The number of hydrogen-bond acceptors (Lipinski definition) is 3. The van der Waals surface area contributed by atoms with E-state index in [0.29, 0.717) is 0 Å². The Kier molecular flexibility index (Phi) is 3.03. The first-order chi connectivity index (χ1) is 9.26. The number of aromatic hydroxyl groups is 1. The van der Waals surface area contributed by atoms with Gasteiger partial charge in [0.15, 0.2) is 0 Å². The molecule has 0 bridgehead atoms. The number of phenolic OH excluding ortho intramolecular Hbond substituents is 1. The van der Waals surface area contributed by atoms with Crippen molar-refractivity contribution in [3.8, 4) is 17.2 Å². The third kappa shape index (κ3) is 2.36. The van der Waals surface area contributed by atoms with Crippen LogP contribution < -0.4 is 9.47 Å². The molecule has 1 atom stereocenters. The van der Waals surface area contributed by atoms with Gasteiger partial charge in [0.25, 0.3) is 0 Å². The van der Waals surface area contributed by atoms with E-state index in [4.69, 9.17) is 9.47 Å².